The van der Waals surface area contributed by atoms with Crippen LogP contribution in [-0.4, -0.2) is 4.98 Å². The summed E-state index contributed by atoms with van der Waals surface area (Å²) in [7, 11) is 0. The van der Waals surface area contributed by atoms with Gasteiger partial charge >= 0.3 is 0 Å². The van der Waals surface area contributed by atoms with Crippen molar-refractivity contribution in [3.63, 3.8) is 0 Å². The van der Waals surface area contributed by atoms with E-state index >= 15 is 0 Å². The molecule has 0 radical (unpaired) electrons. The zero-order valence-electron chi connectivity index (χ0n) is 12.5. The van der Waals surface area contributed by atoms with Gasteiger partial charge in [-0.2, -0.15) is 0 Å². The zero-order valence-corrected chi connectivity index (χ0v) is 13.3. The van der Waals surface area contributed by atoms with Crippen LogP contribution in [0.2, 0.25) is 5.02 Å². The van der Waals surface area contributed by atoms with E-state index in [4.69, 9.17) is 11.6 Å². The van der Waals surface area contributed by atoms with Crippen molar-refractivity contribution in [3.05, 3.63) is 64.2 Å². The SMILES string of the molecule is Cc1cccnc1C(NCc1c(F)cccc1Cl)C(C)C. The van der Waals surface area contributed by atoms with Gasteiger partial charge in [-0.15, -0.1) is 0 Å². The molecule has 2 nitrogen and oxygen atoms in total. The van der Waals surface area contributed by atoms with Crippen molar-refractivity contribution in [1.82, 2.24) is 10.3 Å². The van der Waals surface area contributed by atoms with Crippen molar-refractivity contribution >= 4 is 11.6 Å². The average molecular weight is 307 g/mol. The van der Waals surface area contributed by atoms with E-state index in [0.29, 0.717) is 23.0 Å². The summed E-state index contributed by atoms with van der Waals surface area (Å²) in [5.74, 6) is 0.0550. The summed E-state index contributed by atoms with van der Waals surface area (Å²) < 4.78 is 13.8. The molecule has 0 aliphatic heterocycles. The molecule has 1 N–H and O–H groups in total. The molecule has 0 saturated heterocycles. The number of aryl methyl sites for hydroxylation is 1. The van der Waals surface area contributed by atoms with Gasteiger partial charge in [0.05, 0.1) is 11.7 Å². The molecule has 0 bridgehead atoms. The molecule has 2 rings (SSSR count). The van der Waals surface area contributed by atoms with Crippen molar-refractivity contribution in [3.8, 4) is 0 Å². The lowest BCUT2D eigenvalue weighted by atomic mass is 9.97. The van der Waals surface area contributed by atoms with Crippen LogP contribution in [0.1, 0.15) is 36.7 Å². The zero-order chi connectivity index (χ0) is 15.4. The molecule has 2 aromatic rings. The largest absolute Gasteiger partial charge is 0.304 e. The highest BCUT2D eigenvalue weighted by Crippen LogP contribution is 2.25. The van der Waals surface area contributed by atoms with Crippen LogP contribution < -0.4 is 5.32 Å². The van der Waals surface area contributed by atoms with Crippen LogP contribution in [0.4, 0.5) is 4.39 Å². The molecule has 0 aliphatic carbocycles. The Morgan fingerprint density at radius 1 is 1.24 bits per heavy atom. The average Bonchev–Trinajstić information content (AvgIpc) is 2.43. The Hall–Kier alpha value is -1.45. The van der Waals surface area contributed by atoms with E-state index in [-0.39, 0.29) is 11.9 Å². The Kier molecular flexibility index (Phi) is 5.32. The number of aromatic nitrogens is 1. The van der Waals surface area contributed by atoms with Crippen LogP contribution in [0.15, 0.2) is 36.5 Å². The Morgan fingerprint density at radius 3 is 2.62 bits per heavy atom. The van der Waals surface area contributed by atoms with Gasteiger partial charge in [-0.25, -0.2) is 4.39 Å². The van der Waals surface area contributed by atoms with E-state index in [0.717, 1.165) is 11.3 Å². The van der Waals surface area contributed by atoms with Gasteiger partial charge in [0.2, 0.25) is 0 Å². The first kappa shape index (κ1) is 15.9. The number of rotatable bonds is 5. The molecule has 1 aromatic heterocycles. The second-order valence-electron chi connectivity index (χ2n) is 5.51. The maximum Gasteiger partial charge on any atom is 0.129 e. The smallest absolute Gasteiger partial charge is 0.129 e. The molecule has 0 aliphatic rings. The molecular weight excluding hydrogens is 287 g/mol. The Balaban J connectivity index is 2.21. The number of halogens is 2. The fourth-order valence-electron chi connectivity index (χ4n) is 2.38. The highest BCUT2D eigenvalue weighted by atomic mass is 35.5. The van der Waals surface area contributed by atoms with Gasteiger partial charge in [0.25, 0.3) is 0 Å². The lowest BCUT2D eigenvalue weighted by Gasteiger charge is -2.24. The van der Waals surface area contributed by atoms with Crippen LogP contribution >= 0.6 is 11.6 Å². The topological polar surface area (TPSA) is 24.9 Å². The molecular formula is C17H20ClFN2. The first-order valence-corrected chi connectivity index (χ1v) is 7.46. The maximum atomic E-state index is 13.8. The molecule has 1 heterocycles. The second kappa shape index (κ2) is 7.01. The van der Waals surface area contributed by atoms with Gasteiger partial charge in [-0.3, -0.25) is 4.98 Å². The summed E-state index contributed by atoms with van der Waals surface area (Å²) in [6, 6.07) is 8.77. The standard InChI is InChI=1S/C17H20ClFN2/c1-11(2)16(17-12(3)6-5-9-20-17)21-10-13-14(18)7-4-8-15(13)19/h4-9,11,16,21H,10H2,1-3H3. The van der Waals surface area contributed by atoms with Gasteiger partial charge in [-0.05, 0) is 36.6 Å². The molecule has 1 atom stereocenters. The van der Waals surface area contributed by atoms with Crippen LogP contribution in [0, 0.1) is 18.7 Å². The third kappa shape index (κ3) is 3.80. The van der Waals surface area contributed by atoms with E-state index in [1.807, 2.05) is 19.1 Å². The summed E-state index contributed by atoms with van der Waals surface area (Å²) in [6.07, 6.45) is 1.79. The van der Waals surface area contributed by atoms with Gasteiger partial charge in [0, 0.05) is 23.3 Å². The van der Waals surface area contributed by atoms with Gasteiger partial charge in [0.1, 0.15) is 5.82 Å². The Morgan fingerprint density at radius 2 is 2.00 bits per heavy atom. The Labute approximate surface area is 130 Å². The predicted molar refractivity (Wildman–Crippen MR) is 84.8 cm³/mol. The molecule has 1 aromatic carbocycles. The molecule has 1 unspecified atom stereocenters. The molecule has 112 valence electrons. The van der Waals surface area contributed by atoms with E-state index in [9.17, 15) is 4.39 Å². The molecule has 0 amide bonds. The number of nitrogens with one attached hydrogen (secondary N) is 1. The van der Waals surface area contributed by atoms with E-state index in [1.165, 1.54) is 6.07 Å². The minimum absolute atomic E-state index is 0.0573. The van der Waals surface area contributed by atoms with Crippen molar-refractivity contribution in [1.29, 1.82) is 0 Å². The van der Waals surface area contributed by atoms with Crippen LogP contribution in [-0.2, 0) is 6.54 Å². The fourth-order valence-corrected chi connectivity index (χ4v) is 2.61. The quantitative estimate of drug-likeness (QED) is 0.868. The van der Waals surface area contributed by atoms with Crippen molar-refractivity contribution in [2.45, 2.75) is 33.4 Å². The van der Waals surface area contributed by atoms with Gasteiger partial charge in [-0.1, -0.05) is 37.6 Å². The van der Waals surface area contributed by atoms with E-state index < -0.39 is 0 Å². The summed E-state index contributed by atoms with van der Waals surface area (Å²) in [5, 5.41) is 3.83. The fraction of sp³-hybridized carbons (Fsp3) is 0.353. The van der Waals surface area contributed by atoms with Crippen molar-refractivity contribution < 1.29 is 4.39 Å². The summed E-state index contributed by atoms with van der Waals surface area (Å²) in [5.41, 5.74) is 2.63. The third-order valence-corrected chi connectivity index (χ3v) is 3.93. The van der Waals surface area contributed by atoms with Gasteiger partial charge < -0.3 is 5.32 Å². The lowest BCUT2D eigenvalue weighted by Crippen LogP contribution is -2.27. The first-order chi connectivity index (χ1) is 10.0. The van der Waals surface area contributed by atoms with Crippen LogP contribution in [0.25, 0.3) is 0 Å². The normalized spacial score (nSPS) is 12.7. The van der Waals surface area contributed by atoms with Crippen LogP contribution in [0.3, 0.4) is 0 Å². The predicted octanol–water partition coefficient (Wildman–Crippen LogP) is 4.67. The van der Waals surface area contributed by atoms with Gasteiger partial charge in [0.15, 0.2) is 0 Å². The highest BCUT2D eigenvalue weighted by Gasteiger charge is 2.19. The van der Waals surface area contributed by atoms with E-state index in [2.05, 4.69) is 24.1 Å². The monoisotopic (exact) mass is 306 g/mol. The second-order valence-corrected chi connectivity index (χ2v) is 5.92. The number of nitrogens with zero attached hydrogens (tertiary/aromatic N) is 1. The molecule has 0 saturated carbocycles. The Bertz CT molecular complexity index is 593. The highest BCUT2D eigenvalue weighted by molar-refractivity contribution is 6.31. The van der Waals surface area contributed by atoms with E-state index in [1.54, 1.807) is 18.3 Å². The molecule has 21 heavy (non-hydrogen) atoms. The summed E-state index contributed by atoms with van der Waals surface area (Å²) in [6.45, 7) is 6.66. The van der Waals surface area contributed by atoms with Crippen molar-refractivity contribution in [2.24, 2.45) is 5.92 Å². The number of pyridine rings is 1. The summed E-state index contributed by atoms with van der Waals surface area (Å²) >= 11 is 6.07. The molecule has 4 heteroatoms. The number of hydrogen-bond donors (Lipinski definition) is 1. The minimum atomic E-state index is -0.282. The third-order valence-electron chi connectivity index (χ3n) is 3.57. The number of hydrogen-bond acceptors (Lipinski definition) is 2. The molecule has 0 spiro atoms. The summed E-state index contributed by atoms with van der Waals surface area (Å²) in [4.78, 5) is 4.47. The maximum absolute atomic E-state index is 13.8. The number of benzene rings is 1. The minimum Gasteiger partial charge on any atom is -0.304 e. The van der Waals surface area contributed by atoms with Crippen LogP contribution in [0.5, 0.6) is 0 Å². The molecule has 0 fully saturated rings. The first-order valence-electron chi connectivity index (χ1n) is 7.08. The lowest BCUT2D eigenvalue weighted by molar-refractivity contribution is 0.397. The van der Waals surface area contributed by atoms with Crippen molar-refractivity contribution in [2.75, 3.05) is 0 Å².